The highest BCUT2D eigenvalue weighted by Gasteiger charge is 2.15. The highest BCUT2D eigenvalue weighted by molar-refractivity contribution is 5.89. The van der Waals surface area contributed by atoms with Crippen molar-refractivity contribution < 1.29 is 9.90 Å². The van der Waals surface area contributed by atoms with Crippen LogP contribution in [0.15, 0.2) is 42.6 Å². The number of nitrogens with zero attached hydrogens (tertiary/aromatic N) is 3. The van der Waals surface area contributed by atoms with Crippen LogP contribution >= 0.6 is 0 Å². The lowest BCUT2D eigenvalue weighted by atomic mass is 10.1. The maximum Gasteiger partial charge on any atom is 0.339 e. The second kappa shape index (κ2) is 4.77. The van der Waals surface area contributed by atoms with Crippen molar-refractivity contribution in [2.45, 2.75) is 13.3 Å². The number of benzene rings is 1. The standard InChI is InChI=1S/C15H13N3O2/c1-2-13-11(15(19)20)9-16-14-8-12(17-18(13)14)10-6-4-3-5-7-10/h3-9H,2H2,1H3,(H,19,20). The van der Waals surface area contributed by atoms with Crippen molar-refractivity contribution in [1.82, 2.24) is 14.6 Å². The number of rotatable bonds is 3. The largest absolute Gasteiger partial charge is 0.478 e. The molecule has 0 amide bonds. The van der Waals surface area contributed by atoms with Crippen molar-refractivity contribution in [3.05, 3.63) is 53.9 Å². The molecule has 2 aromatic heterocycles. The molecule has 2 heterocycles. The average molecular weight is 267 g/mol. The van der Waals surface area contributed by atoms with Crippen molar-refractivity contribution >= 4 is 11.6 Å². The van der Waals surface area contributed by atoms with E-state index in [1.165, 1.54) is 6.20 Å². The summed E-state index contributed by atoms with van der Waals surface area (Å²) in [7, 11) is 0. The molecular weight excluding hydrogens is 254 g/mol. The van der Waals surface area contributed by atoms with E-state index in [0.29, 0.717) is 17.8 Å². The van der Waals surface area contributed by atoms with E-state index in [0.717, 1.165) is 11.3 Å². The second-order valence-electron chi connectivity index (χ2n) is 4.44. The number of fused-ring (bicyclic) bond motifs is 1. The maximum absolute atomic E-state index is 11.2. The van der Waals surface area contributed by atoms with Crippen LogP contribution in [0.4, 0.5) is 0 Å². The summed E-state index contributed by atoms with van der Waals surface area (Å²) in [6, 6.07) is 11.6. The fourth-order valence-electron chi connectivity index (χ4n) is 2.25. The third-order valence-electron chi connectivity index (χ3n) is 3.22. The molecule has 20 heavy (non-hydrogen) atoms. The Kier molecular flexibility index (Phi) is 2.95. The Bertz CT molecular complexity index is 778. The highest BCUT2D eigenvalue weighted by atomic mass is 16.4. The topological polar surface area (TPSA) is 67.5 Å². The third kappa shape index (κ3) is 1.93. The predicted octanol–water partition coefficient (Wildman–Crippen LogP) is 2.66. The molecule has 1 aromatic carbocycles. The molecule has 5 nitrogen and oxygen atoms in total. The van der Waals surface area contributed by atoms with Gasteiger partial charge >= 0.3 is 5.97 Å². The molecule has 0 unspecified atom stereocenters. The zero-order valence-electron chi connectivity index (χ0n) is 10.9. The number of aromatic nitrogens is 3. The Labute approximate surface area is 115 Å². The van der Waals surface area contributed by atoms with Gasteiger partial charge in [0.25, 0.3) is 0 Å². The number of hydrogen-bond donors (Lipinski definition) is 1. The lowest BCUT2D eigenvalue weighted by Gasteiger charge is -2.05. The third-order valence-corrected chi connectivity index (χ3v) is 3.22. The molecule has 0 aliphatic rings. The maximum atomic E-state index is 11.2. The van der Waals surface area contributed by atoms with E-state index in [9.17, 15) is 9.90 Å². The zero-order valence-corrected chi connectivity index (χ0v) is 10.9. The van der Waals surface area contributed by atoms with Gasteiger partial charge in [-0.05, 0) is 6.42 Å². The van der Waals surface area contributed by atoms with Gasteiger partial charge in [-0.2, -0.15) is 5.10 Å². The number of carboxylic acids is 1. The van der Waals surface area contributed by atoms with Crippen molar-refractivity contribution in [3.8, 4) is 11.3 Å². The smallest absolute Gasteiger partial charge is 0.339 e. The summed E-state index contributed by atoms with van der Waals surface area (Å²) in [5.74, 6) is -0.979. The molecule has 1 N–H and O–H groups in total. The minimum absolute atomic E-state index is 0.197. The van der Waals surface area contributed by atoms with Gasteiger partial charge in [-0.3, -0.25) is 0 Å². The number of aryl methyl sites for hydroxylation is 1. The SMILES string of the molecule is CCc1c(C(=O)O)cnc2cc(-c3ccccc3)nn12. The molecule has 0 aliphatic carbocycles. The van der Waals surface area contributed by atoms with Gasteiger partial charge in [-0.15, -0.1) is 0 Å². The molecular formula is C15H13N3O2. The van der Waals surface area contributed by atoms with E-state index in [-0.39, 0.29) is 5.56 Å². The first kappa shape index (κ1) is 12.3. The van der Waals surface area contributed by atoms with Crippen LogP contribution < -0.4 is 0 Å². The molecule has 0 saturated carbocycles. The van der Waals surface area contributed by atoms with Crippen LogP contribution in [0.5, 0.6) is 0 Å². The fraction of sp³-hybridized carbons (Fsp3) is 0.133. The van der Waals surface area contributed by atoms with Crippen molar-refractivity contribution in [1.29, 1.82) is 0 Å². The Balaban J connectivity index is 2.23. The van der Waals surface area contributed by atoms with E-state index in [1.54, 1.807) is 4.52 Å². The first-order valence-corrected chi connectivity index (χ1v) is 6.37. The van der Waals surface area contributed by atoms with Gasteiger partial charge in [0.2, 0.25) is 0 Å². The fourth-order valence-corrected chi connectivity index (χ4v) is 2.25. The summed E-state index contributed by atoms with van der Waals surface area (Å²) in [5, 5.41) is 13.7. The van der Waals surface area contributed by atoms with Gasteiger partial charge in [-0.1, -0.05) is 37.3 Å². The van der Waals surface area contributed by atoms with Crippen LogP contribution in [0.1, 0.15) is 23.0 Å². The Morgan fingerprint density at radius 1 is 1.30 bits per heavy atom. The van der Waals surface area contributed by atoms with E-state index < -0.39 is 5.97 Å². The van der Waals surface area contributed by atoms with Crippen LogP contribution in [0, 0.1) is 0 Å². The second-order valence-corrected chi connectivity index (χ2v) is 4.44. The van der Waals surface area contributed by atoms with Gasteiger partial charge in [0.15, 0.2) is 5.65 Å². The van der Waals surface area contributed by atoms with Gasteiger partial charge in [0, 0.05) is 17.8 Å². The molecule has 0 saturated heterocycles. The van der Waals surface area contributed by atoms with Gasteiger partial charge < -0.3 is 5.11 Å². The van der Waals surface area contributed by atoms with E-state index >= 15 is 0 Å². The predicted molar refractivity (Wildman–Crippen MR) is 74.8 cm³/mol. The Hall–Kier alpha value is -2.69. The van der Waals surface area contributed by atoms with Gasteiger partial charge in [0.1, 0.15) is 0 Å². The van der Waals surface area contributed by atoms with Crippen LogP contribution in [0.3, 0.4) is 0 Å². The highest BCUT2D eigenvalue weighted by Crippen LogP contribution is 2.20. The number of aromatic carboxylic acids is 1. The molecule has 0 fully saturated rings. The van der Waals surface area contributed by atoms with E-state index in [1.807, 2.05) is 43.3 Å². The molecule has 0 atom stereocenters. The molecule has 3 rings (SSSR count). The summed E-state index contributed by atoms with van der Waals surface area (Å²) in [6.07, 6.45) is 1.98. The van der Waals surface area contributed by atoms with Crippen LogP contribution in [-0.2, 0) is 6.42 Å². The first-order valence-electron chi connectivity index (χ1n) is 6.37. The normalized spacial score (nSPS) is 10.8. The lowest BCUT2D eigenvalue weighted by Crippen LogP contribution is -2.09. The average Bonchev–Trinajstić information content (AvgIpc) is 2.91. The minimum atomic E-state index is -0.979. The van der Waals surface area contributed by atoms with Gasteiger partial charge in [-0.25, -0.2) is 14.3 Å². The zero-order chi connectivity index (χ0) is 14.1. The summed E-state index contributed by atoms with van der Waals surface area (Å²) < 4.78 is 1.62. The van der Waals surface area contributed by atoms with Crippen LogP contribution in [0.2, 0.25) is 0 Å². The van der Waals surface area contributed by atoms with Crippen LogP contribution in [0.25, 0.3) is 16.9 Å². The lowest BCUT2D eigenvalue weighted by molar-refractivity contribution is 0.0694. The minimum Gasteiger partial charge on any atom is -0.478 e. The monoisotopic (exact) mass is 267 g/mol. The first-order chi connectivity index (χ1) is 9.70. The van der Waals surface area contributed by atoms with Gasteiger partial charge in [0.05, 0.1) is 17.0 Å². The molecule has 0 radical (unpaired) electrons. The Morgan fingerprint density at radius 3 is 2.70 bits per heavy atom. The molecule has 0 aliphatic heterocycles. The quantitative estimate of drug-likeness (QED) is 0.792. The van der Waals surface area contributed by atoms with Crippen molar-refractivity contribution in [2.75, 3.05) is 0 Å². The molecule has 0 spiro atoms. The number of carbonyl (C=O) groups is 1. The van der Waals surface area contributed by atoms with Crippen molar-refractivity contribution in [2.24, 2.45) is 0 Å². The molecule has 5 heteroatoms. The summed E-state index contributed by atoms with van der Waals surface area (Å²) >= 11 is 0. The number of carboxylic acid groups (broad SMARTS) is 1. The van der Waals surface area contributed by atoms with Crippen LogP contribution in [-0.4, -0.2) is 25.7 Å². The summed E-state index contributed by atoms with van der Waals surface area (Å²) in [4.78, 5) is 15.4. The number of hydrogen-bond acceptors (Lipinski definition) is 3. The molecule has 100 valence electrons. The summed E-state index contributed by atoms with van der Waals surface area (Å²) in [5.41, 5.74) is 3.28. The van der Waals surface area contributed by atoms with E-state index in [4.69, 9.17) is 0 Å². The molecule has 0 bridgehead atoms. The molecule has 3 aromatic rings. The Morgan fingerprint density at radius 2 is 2.05 bits per heavy atom. The van der Waals surface area contributed by atoms with Crippen molar-refractivity contribution in [3.63, 3.8) is 0 Å². The summed E-state index contributed by atoms with van der Waals surface area (Å²) in [6.45, 7) is 1.91. The van der Waals surface area contributed by atoms with E-state index in [2.05, 4.69) is 10.1 Å².